The summed E-state index contributed by atoms with van der Waals surface area (Å²) in [4.78, 5) is 0. The molecule has 1 heterocycles. The molecular formula is C28H46O4. The summed E-state index contributed by atoms with van der Waals surface area (Å²) >= 11 is 0. The van der Waals surface area contributed by atoms with Gasteiger partial charge in [0.25, 0.3) is 0 Å². The number of aliphatic hydroxyl groups is 3. The Hall–Kier alpha value is -0.420. The number of aliphatic hydroxyl groups excluding tert-OH is 3. The maximum Gasteiger partial charge on any atom is 0.0904 e. The summed E-state index contributed by atoms with van der Waals surface area (Å²) in [5.74, 6) is 3.10. The van der Waals surface area contributed by atoms with Crippen LogP contribution in [0.4, 0.5) is 0 Å². The predicted molar refractivity (Wildman–Crippen MR) is 126 cm³/mol. The molecule has 4 aliphatic carbocycles. The molecule has 182 valence electrons. The zero-order chi connectivity index (χ0) is 23.2. The minimum absolute atomic E-state index is 0.0325. The highest BCUT2D eigenvalue weighted by Gasteiger charge is 2.75. The third kappa shape index (κ3) is 3.15. The van der Waals surface area contributed by atoms with Gasteiger partial charge in [0, 0.05) is 10.8 Å². The first-order valence-electron chi connectivity index (χ1n) is 13.4. The van der Waals surface area contributed by atoms with Gasteiger partial charge in [0.2, 0.25) is 0 Å². The van der Waals surface area contributed by atoms with Crippen LogP contribution in [0, 0.1) is 52.3 Å². The molecule has 1 aliphatic heterocycles. The van der Waals surface area contributed by atoms with Crippen LogP contribution in [0.2, 0.25) is 0 Å². The van der Waals surface area contributed by atoms with Gasteiger partial charge in [-0.1, -0.05) is 46.8 Å². The van der Waals surface area contributed by atoms with Gasteiger partial charge in [-0.2, -0.15) is 0 Å². The van der Waals surface area contributed by atoms with Crippen LogP contribution in [0.5, 0.6) is 0 Å². The van der Waals surface area contributed by atoms with Crippen LogP contribution in [-0.2, 0) is 4.74 Å². The average molecular weight is 447 g/mol. The topological polar surface area (TPSA) is 73.2 Å². The number of epoxide rings is 1. The molecule has 0 bridgehead atoms. The molecular weight excluding hydrogens is 400 g/mol. The van der Waals surface area contributed by atoms with E-state index in [9.17, 15) is 15.3 Å². The van der Waals surface area contributed by atoms with Crippen molar-refractivity contribution in [1.29, 1.82) is 0 Å². The summed E-state index contributed by atoms with van der Waals surface area (Å²) in [7, 11) is 0. The van der Waals surface area contributed by atoms with E-state index in [1.54, 1.807) is 0 Å². The quantitative estimate of drug-likeness (QED) is 0.427. The lowest BCUT2D eigenvalue weighted by molar-refractivity contribution is -0.208. The van der Waals surface area contributed by atoms with Crippen LogP contribution < -0.4 is 0 Å². The molecule has 5 aliphatic rings. The minimum atomic E-state index is -0.564. The molecule has 1 saturated heterocycles. The van der Waals surface area contributed by atoms with E-state index in [1.165, 1.54) is 24.8 Å². The van der Waals surface area contributed by atoms with Gasteiger partial charge in [0.05, 0.1) is 30.5 Å². The zero-order valence-corrected chi connectivity index (χ0v) is 20.8. The Morgan fingerprint density at radius 2 is 1.72 bits per heavy atom. The second-order valence-electron chi connectivity index (χ2n) is 13.1. The SMILES string of the molecule is C=C(CC[C@@H](C)[C@H]1CCC2C3C[C@@H](O)C4C[C@@H](O)C[C@H](O)[C@]4(C)C3[C@@H]3O[C@@H]3[C@@]21C)C(C)C. The predicted octanol–water partition coefficient (Wildman–Crippen LogP) is 4.56. The van der Waals surface area contributed by atoms with Crippen LogP contribution in [0.1, 0.15) is 79.6 Å². The Kier molecular flexibility index (Phi) is 5.68. The summed E-state index contributed by atoms with van der Waals surface area (Å²) in [6.07, 6.45) is 5.65. The van der Waals surface area contributed by atoms with Gasteiger partial charge < -0.3 is 20.1 Å². The number of rotatable bonds is 5. The van der Waals surface area contributed by atoms with Gasteiger partial charge in [-0.15, -0.1) is 0 Å². The van der Waals surface area contributed by atoms with Gasteiger partial charge in [-0.3, -0.25) is 0 Å². The molecule has 32 heavy (non-hydrogen) atoms. The third-order valence-electron chi connectivity index (χ3n) is 11.5. The van der Waals surface area contributed by atoms with E-state index in [4.69, 9.17) is 4.74 Å². The lowest BCUT2D eigenvalue weighted by Gasteiger charge is -2.62. The Morgan fingerprint density at radius 1 is 1.00 bits per heavy atom. The summed E-state index contributed by atoms with van der Waals surface area (Å²) in [6, 6.07) is 0. The Balaban J connectivity index is 1.40. The first-order valence-corrected chi connectivity index (χ1v) is 13.4. The molecule has 4 heteroatoms. The van der Waals surface area contributed by atoms with Gasteiger partial charge >= 0.3 is 0 Å². The van der Waals surface area contributed by atoms with Crippen molar-refractivity contribution in [2.75, 3.05) is 0 Å². The fourth-order valence-corrected chi connectivity index (χ4v) is 9.56. The molecule has 0 radical (unpaired) electrons. The number of allylic oxidation sites excluding steroid dienone is 1. The lowest BCUT2D eigenvalue weighted by atomic mass is 9.43. The molecule has 4 saturated carbocycles. The van der Waals surface area contributed by atoms with E-state index in [2.05, 4.69) is 41.2 Å². The zero-order valence-electron chi connectivity index (χ0n) is 20.8. The van der Waals surface area contributed by atoms with Crippen molar-refractivity contribution in [2.24, 2.45) is 52.3 Å². The van der Waals surface area contributed by atoms with E-state index in [0.717, 1.165) is 12.8 Å². The van der Waals surface area contributed by atoms with Crippen LogP contribution in [0.25, 0.3) is 0 Å². The summed E-state index contributed by atoms with van der Waals surface area (Å²) in [5, 5.41) is 32.8. The smallest absolute Gasteiger partial charge is 0.0904 e. The lowest BCUT2D eigenvalue weighted by Crippen LogP contribution is -2.65. The fourth-order valence-electron chi connectivity index (χ4n) is 9.56. The number of ether oxygens (including phenoxy) is 1. The molecule has 4 nitrogen and oxygen atoms in total. The van der Waals surface area contributed by atoms with Gasteiger partial charge in [-0.05, 0) is 86.4 Å². The van der Waals surface area contributed by atoms with Crippen molar-refractivity contribution in [1.82, 2.24) is 0 Å². The summed E-state index contributed by atoms with van der Waals surface area (Å²) in [6.45, 7) is 15.9. The van der Waals surface area contributed by atoms with Crippen LogP contribution in [0.3, 0.4) is 0 Å². The largest absolute Gasteiger partial charge is 0.393 e. The fraction of sp³-hybridized carbons (Fsp3) is 0.929. The molecule has 5 rings (SSSR count). The van der Waals surface area contributed by atoms with E-state index in [0.29, 0.717) is 54.5 Å². The molecule has 13 atom stereocenters. The molecule has 5 fully saturated rings. The van der Waals surface area contributed by atoms with Crippen LogP contribution >= 0.6 is 0 Å². The maximum absolute atomic E-state index is 11.2. The van der Waals surface area contributed by atoms with Crippen molar-refractivity contribution in [2.45, 2.75) is 110 Å². The monoisotopic (exact) mass is 446 g/mol. The molecule has 3 N–H and O–H groups in total. The van der Waals surface area contributed by atoms with Crippen molar-refractivity contribution in [3.05, 3.63) is 12.2 Å². The number of hydrogen-bond donors (Lipinski definition) is 3. The van der Waals surface area contributed by atoms with E-state index in [-0.39, 0.29) is 22.9 Å². The Labute approximate surface area is 194 Å². The highest BCUT2D eigenvalue weighted by atomic mass is 16.6. The van der Waals surface area contributed by atoms with Gasteiger partial charge in [0.1, 0.15) is 0 Å². The highest BCUT2D eigenvalue weighted by molar-refractivity contribution is 5.23. The standard InChI is InChI=1S/C28H46O4/c1-14(2)15(3)7-8-16(4)19-9-10-20-18-13-22(30)21-11-17(29)12-23(31)28(21,6)24(18)25-26(32-25)27(19,20)5/h14,16-26,29-31H,3,7-13H2,1-2,4-6H3/t16-,17-,18?,19-,20?,21?,22-,23+,24?,25+,26+,27-,28-/m1/s1. The normalized spacial score (nSPS) is 54.9. The molecule has 0 aromatic rings. The molecule has 0 aromatic heterocycles. The second kappa shape index (κ2) is 7.80. The van der Waals surface area contributed by atoms with Crippen LogP contribution in [-0.4, -0.2) is 45.8 Å². The minimum Gasteiger partial charge on any atom is -0.393 e. The summed E-state index contributed by atoms with van der Waals surface area (Å²) in [5.41, 5.74) is 1.18. The Morgan fingerprint density at radius 3 is 2.41 bits per heavy atom. The van der Waals surface area contributed by atoms with E-state index in [1.807, 2.05) is 0 Å². The summed E-state index contributed by atoms with van der Waals surface area (Å²) < 4.78 is 6.56. The van der Waals surface area contributed by atoms with Crippen molar-refractivity contribution >= 4 is 0 Å². The van der Waals surface area contributed by atoms with Crippen molar-refractivity contribution < 1.29 is 20.1 Å². The van der Waals surface area contributed by atoms with E-state index >= 15 is 0 Å². The van der Waals surface area contributed by atoms with Gasteiger partial charge in [-0.25, -0.2) is 0 Å². The first kappa shape index (κ1) is 23.3. The van der Waals surface area contributed by atoms with Gasteiger partial charge in [0.15, 0.2) is 0 Å². The molecule has 4 unspecified atom stereocenters. The second-order valence-corrected chi connectivity index (χ2v) is 13.1. The maximum atomic E-state index is 11.2. The average Bonchev–Trinajstić information content (AvgIpc) is 3.44. The molecule has 0 amide bonds. The third-order valence-corrected chi connectivity index (χ3v) is 11.5. The number of hydrogen-bond acceptors (Lipinski definition) is 4. The van der Waals surface area contributed by atoms with E-state index < -0.39 is 18.3 Å². The molecule has 0 spiro atoms. The first-order chi connectivity index (χ1) is 15.0. The van der Waals surface area contributed by atoms with Crippen molar-refractivity contribution in [3.63, 3.8) is 0 Å². The van der Waals surface area contributed by atoms with Crippen molar-refractivity contribution in [3.8, 4) is 0 Å². The highest BCUT2D eigenvalue weighted by Crippen LogP contribution is 2.73. The van der Waals surface area contributed by atoms with Crippen LogP contribution in [0.15, 0.2) is 12.2 Å². The molecule has 0 aromatic carbocycles. The number of fused-ring (bicyclic) bond motifs is 8. The Bertz CT molecular complexity index is 750.